The Balaban J connectivity index is 0.697. The molecule has 3 aliphatic heterocycles. The van der Waals surface area contributed by atoms with Gasteiger partial charge in [0.15, 0.2) is 9.84 Å². The number of nitrogens with one attached hydrogen (secondary N) is 4. The molecule has 5 heterocycles. The van der Waals surface area contributed by atoms with Crippen LogP contribution in [0.25, 0.3) is 0 Å². The van der Waals surface area contributed by atoms with Gasteiger partial charge in [0, 0.05) is 127 Å². The lowest BCUT2D eigenvalue weighted by molar-refractivity contribution is -0.137. The van der Waals surface area contributed by atoms with E-state index in [9.17, 15) is 31.2 Å². The molecular weight excluding hydrogens is 1040 g/mol. The molecule has 3 aliphatic rings. The molecule has 2 amide bonds. The minimum absolute atomic E-state index is 0.0436. The second-order valence-electron chi connectivity index (χ2n) is 20.9. The van der Waals surface area contributed by atoms with Crippen molar-refractivity contribution in [1.29, 1.82) is 0 Å². The van der Waals surface area contributed by atoms with Gasteiger partial charge >= 0.3 is 6.18 Å². The summed E-state index contributed by atoms with van der Waals surface area (Å²) in [6.45, 7) is 16.1. The number of piperazine rings is 2. The number of ether oxygens (including phenoxy) is 4. The smallest absolute Gasteiger partial charge is 0.421 e. The molecule has 5 aromatic rings. The Kier molecular flexibility index (Phi) is 19.9. The number of hydrogen-bond acceptors (Lipinski definition) is 17. The van der Waals surface area contributed by atoms with Crippen LogP contribution < -0.4 is 30.9 Å². The van der Waals surface area contributed by atoms with Crippen LogP contribution in [0.1, 0.15) is 48.7 Å². The van der Waals surface area contributed by atoms with E-state index < -0.39 is 27.4 Å². The van der Waals surface area contributed by atoms with Gasteiger partial charge in [-0.15, -0.1) is 0 Å². The predicted octanol–water partition coefficient (Wildman–Crippen LogP) is 5.84. The van der Waals surface area contributed by atoms with Crippen molar-refractivity contribution in [2.75, 3.05) is 139 Å². The highest BCUT2D eigenvalue weighted by Crippen LogP contribution is 2.40. The van der Waals surface area contributed by atoms with Crippen molar-refractivity contribution >= 4 is 50.5 Å². The van der Waals surface area contributed by atoms with Crippen LogP contribution in [0, 0.1) is 0 Å². The van der Waals surface area contributed by atoms with Gasteiger partial charge in [-0.05, 0) is 72.1 Å². The van der Waals surface area contributed by atoms with Crippen molar-refractivity contribution in [1.82, 2.24) is 35.0 Å². The first-order valence-corrected chi connectivity index (χ1v) is 28.4. The molecule has 0 radical (unpaired) electrons. The Bertz CT molecular complexity index is 2970. The third-order valence-corrected chi connectivity index (χ3v) is 15.2. The minimum atomic E-state index is -4.75. The van der Waals surface area contributed by atoms with Gasteiger partial charge in [-0.2, -0.15) is 18.2 Å². The van der Waals surface area contributed by atoms with E-state index in [2.05, 4.69) is 78.8 Å². The summed E-state index contributed by atoms with van der Waals surface area (Å²) in [5.74, 6) is -0.0523. The Labute approximate surface area is 460 Å². The summed E-state index contributed by atoms with van der Waals surface area (Å²) in [6.07, 6.45) is -0.473. The maximum Gasteiger partial charge on any atom is 0.421 e. The Morgan fingerprint density at radius 2 is 1.58 bits per heavy atom. The number of pyridine rings is 1. The van der Waals surface area contributed by atoms with Gasteiger partial charge in [-0.1, -0.05) is 44.2 Å². The fraction of sp³-hybridized carbons (Fsp3) is 0.482. The molecule has 23 heteroatoms. The SMILES string of the molecule is COC[C@H]1CN[C@H](C)CN1CC(=O)N1CC(C)(C)c2ncc(Cc3ccccc3OCCN3CCN(CCOCCOCC(=O)Nc4ccc(Nc5ncc(C(F)(F)F)c(NCc6cccc(S(C)(=O)=O)c6)n5)cc4)CC3)cc21. The van der Waals surface area contributed by atoms with Crippen LogP contribution >= 0.6 is 0 Å². The number of carbonyl (C=O) groups is 2. The molecule has 2 aromatic heterocycles. The molecule has 0 aliphatic carbocycles. The number of rotatable bonds is 25. The zero-order chi connectivity index (χ0) is 56.2. The van der Waals surface area contributed by atoms with Gasteiger partial charge in [0.1, 0.15) is 30.3 Å². The number of sulfone groups is 1. The highest BCUT2D eigenvalue weighted by atomic mass is 32.2. The van der Waals surface area contributed by atoms with Crippen LogP contribution in [-0.2, 0) is 58.2 Å². The molecule has 0 unspecified atom stereocenters. The monoisotopic (exact) mass is 1120 g/mol. The number of para-hydroxylation sites is 1. The third-order valence-electron chi connectivity index (χ3n) is 14.1. The van der Waals surface area contributed by atoms with E-state index in [0.717, 1.165) is 86.9 Å². The summed E-state index contributed by atoms with van der Waals surface area (Å²) in [4.78, 5) is 48.4. The van der Waals surface area contributed by atoms with E-state index in [1.54, 1.807) is 37.4 Å². The first-order chi connectivity index (χ1) is 37.8. The fourth-order valence-electron chi connectivity index (χ4n) is 9.87. The average molecular weight is 1120 g/mol. The van der Waals surface area contributed by atoms with Gasteiger partial charge in [0.25, 0.3) is 0 Å². The molecule has 0 bridgehead atoms. The number of hydrogen-bond donors (Lipinski definition) is 4. The number of fused-ring (bicyclic) bond motifs is 1. The Hall–Kier alpha value is -6.31. The molecule has 426 valence electrons. The second kappa shape index (κ2) is 26.8. The minimum Gasteiger partial charge on any atom is -0.492 e. The molecule has 0 saturated carbocycles. The molecule has 2 atom stereocenters. The van der Waals surface area contributed by atoms with E-state index in [1.807, 2.05) is 29.3 Å². The molecule has 0 spiro atoms. The predicted molar refractivity (Wildman–Crippen MR) is 296 cm³/mol. The quantitative estimate of drug-likeness (QED) is 0.0507. The molecular formula is C56H72F3N11O8S. The van der Waals surface area contributed by atoms with Crippen LogP contribution in [0.2, 0.25) is 0 Å². The van der Waals surface area contributed by atoms with Gasteiger partial charge < -0.3 is 45.1 Å². The largest absolute Gasteiger partial charge is 0.492 e. The summed E-state index contributed by atoms with van der Waals surface area (Å²) in [6, 6.07) is 23.0. The van der Waals surface area contributed by atoms with Gasteiger partial charge in [-0.3, -0.25) is 29.3 Å². The van der Waals surface area contributed by atoms with E-state index >= 15 is 0 Å². The van der Waals surface area contributed by atoms with Gasteiger partial charge in [0.2, 0.25) is 17.8 Å². The average Bonchev–Trinajstić information content (AvgIpc) is 3.97. The van der Waals surface area contributed by atoms with Crippen molar-refractivity contribution in [2.24, 2.45) is 0 Å². The first kappa shape index (κ1) is 58.8. The summed E-state index contributed by atoms with van der Waals surface area (Å²) >= 11 is 0. The standard InChI is InChI=1S/C56H72F3N11O8S/c1-39-34-69(45(32-60-39)36-75-4)35-51(72)70-38-55(2,3)52-48(70)29-41(31-61-52)27-42-10-6-7-12-49(42)78-24-22-68-19-17-67(18-20-68)21-23-76-25-26-77-37-50(71)64-43-13-15-44(16-14-43)65-54-63-33-47(56(57,58)59)53(66-54)62-30-40-9-8-11-46(28-40)79(5,73)74/h6-16,28-29,31,33,39,45,60H,17-27,30,32,34-38H2,1-5H3,(H,64,71)(H2,62,63,65,66)/t39-,45-/m1/s1. The van der Waals surface area contributed by atoms with Crippen molar-refractivity contribution in [2.45, 2.75) is 62.3 Å². The topological polar surface area (TPSA) is 205 Å². The van der Waals surface area contributed by atoms with Crippen LogP contribution in [0.5, 0.6) is 5.75 Å². The highest BCUT2D eigenvalue weighted by Gasteiger charge is 2.41. The van der Waals surface area contributed by atoms with Crippen molar-refractivity contribution in [3.8, 4) is 5.75 Å². The van der Waals surface area contributed by atoms with Crippen molar-refractivity contribution in [3.63, 3.8) is 0 Å². The number of methoxy groups -OCH3 is 1. The lowest BCUT2D eigenvalue weighted by atomic mass is 9.91. The van der Waals surface area contributed by atoms with Crippen LogP contribution in [0.15, 0.2) is 96.2 Å². The fourth-order valence-corrected chi connectivity index (χ4v) is 10.6. The lowest BCUT2D eigenvalue weighted by Gasteiger charge is -2.39. The molecule has 19 nitrogen and oxygen atoms in total. The number of amides is 2. The summed E-state index contributed by atoms with van der Waals surface area (Å²) in [5.41, 5.74) is 3.94. The van der Waals surface area contributed by atoms with E-state index in [4.69, 9.17) is 23.9 Å². The zero-order valence-electron chi connectivity index (χ0n) is 45.5. The molecule has 8 rings (SSSR count). The Morgan fingerprint density at radius 3 is 2.32 bits per heavy atom. The van der Waals surface area contributed by atoms with Crippen LogP contribution in [0.3, 0.4) is 0 Å². The molecule has 79 heavy (non-hydrogen) atoms. The molecule has 2 saturated heterocycles. The van der Waals surface area contributed by atoms with E-state index in [0.29, 0.717) is 75.1 Å². The summed E-state index contributed by atoms with van der Waals surface area (Å²) in [5, 5.41) is 11.8. The first-order valence-electron chi connectivity index (χ1n) is 26.5. The number of alkyl halides is 3. The maximum absolute atomic E-state index is 14.0. The number of halogens is 3. The molecule has 2 fully saturated rings. The van der Waals surface area contributed by atoms with Gasteiger partial charge in [-0.25, -0.2) is 13.4 Å². The number of nitrogens with zero attached hydrogens (tertiary/aromatic N) is 7. The molecule has 3 aromatic carbocycles. The van der Waals surface area contributed by atoms with E-state index in [1.165, 1.54) is 18.2 Å². The zero-order valence-corrected chi connectivity index (χ0v) is 46.3. The van der Waals surface area contributed by atoms with E-state index in [-0.39, 0.29) is 53.9 Å². The summed E-state index contributed by atoms with van der Waals surface area (Å²) in [7, 11) is -1.81. The second-order valence-corrected chi connectivity index (χ2v) is 22.9. The van der Waals surface area contributed by atoms with Crippen molar-refractivity contribution in [3.05, 3.63) is 119 Å². The summed E-state index contributed by atoms with van der Waals surface area (Å²) < 4.78 is 88.6. The maximum atomic E-state index is 14.0. The van der Waals surface area contributed by atoms with Gasteiger partial charge in [0.05, 0.1) is 49.2 Å². The number of carbonyl (C=O) groups excluding carboxylic acids is 2. The van der Waals surface area contributed by atoms with Crippen molar-refractivity contribution < 1.29 is 50.1 Å². The molecule has 4 N–H and O–H groups in total. The number of benzene rings is 3. The van der Waals surface area contributed by atoms with Crippen LogP contribution in [-0.4, -0.2) is 180 Å². The number of anilines is 5. The van der Waals surface area contributed by atoms with Crippen LogP contribution in [0.4, 0.5) is 42.0 Å². The third kappa shape index (κ3) is 16.6. The normalized spacial score (nSPS) is 18.1. The Morgan fingerprint density at radius 1 is 0.861 bits per heavy atom. The highest BCUT2D eigenvalue weighted by molar-refractivity contribution is 7.90. The number of aromatic nitrogens is 3. The lowest BCUT2D eigenvalue weighted by Crippen LogP contribution is -2.59.